The van der Waals surface area contributed by atoms with Crippen molar-refractivity contribution in [1.82, 2.24) is 15.0 Å². The number of hydrogen-bond acceptors (Lipinski definition) is 5. The van der Waals surface area contributed by atoms with Crippen LogP contribution in [-0.2, 0) is 6.54 Å². The summed E-state index contributed by atoms with van der Waals surface area (Å²) in [6.45, 7) is 5.05. The van der Waals surface area contributed by atoms with Gasteiger partial charge < -0.3 is 5.32 Å². The van der Waals surface area contributed by atoms with Crippen molar-refractivity contribution in [3.63, 3.8) is 0 Å². The van der Waals surface area contributed by atoms with E-state index >= 15 is 0 Å². The van der Waals surface area contributed by atoms with E-state index in [-0.39, 0.29) is 0 Å². The maximum atomic E-state index is 4.32. The molecule has 0 aliphatic carbocycles. The quantitative estimate of drug-likeness (QED) is 0.883. The maximum absolute atomic E-state index is 4.32. The molecule has 0 radical (unpaired) electrons. The monoisotopic (exact) mass is 234 g/mol. The highest BCUT2D eigenvalue weighted by Gasteiger charge is 2.04. The van der Waals surface area contributed by atoms with E-state index in [0.29, 0.717) is 12.5 Å². The number of nitrogens with zero attached hydrogens (tertiary/aromatic N) is 3. The average molecular weight is 234 g/mol. The van der Waals surface area contributed by atoms with E-state index in [1.165, 1.54) is 11.2 Å². The molecule has 0 amide bonds. The predicted octanol–water partition coefficient (Wildman–Crippen LogP) is 2.67. The number of hydrogen-bond donors (Lipinski definition) is 1. The van der Waals surface area contributed by atoms with Crippen molar-refractivity contribution in [2.24, 2.45) is 0 Å². The number of aromatic nitrogens is 3. The molecule has 0 saturated heterocycles. The molecule has 2 rings (SSSR count). The molecule has 84 valence electrons. The minimum Gasteiger partial charge on any atom is -0.357 e. The molecule has 5 heteroatoms. The summed E-state index contributed by atoms with van der Waals surface area (Å²) in [4.78, 5) is 13.5. The molecule has 16 heavy (non-hydrogen) atoms. The number of nitrogens with one attached hydrogen (secondary N) is 1. The standard InChI is InChI=1S/C11H14N4S/c1-8(2)10-6-15-11(16-10)14-5-9-3-12-7-13-4-9/h3-4,6-8H,5H2,1-2H3,(H,14,15). The van der Waals surface area contributed by atoms with Gasteiger partial charge in [0.05, 0.1) is 0 Å². The molecular formula is C11H14N4S. The summed E-state index contributed by atoms with van der Waals surface area (Å²) in [5, 5.41) is 4.22. The highest BCUT2D eigenvalue weighted by Crippen LogP contribution is 2.25. The van der Waals surface area contributed by atoms with E-state index in [0.717, 1.165) is 10.7 Å². The maximum Gasteiger partial charge on any atom is 0.183 e. The van der Waals surface area contributed by atoms with Crippen LogP contribution in [0.5, 0.6) is 0 Å². The Balaban J connectivity index is 1.95. The van der Waals surface area contributed by atoms with Crippen molar-refractivity contribution in [2.45, 2.75) is 26.3 Å². The highest BCUT2D eigenvalue weighted by atomic mass is 32.1. The van der Waals surface area contributed by atoms with E-state index < -0.39 is 0 Å². The third-order valence-electron chi connectivity index (χ3n) is 2.15. The molecule has 0 saturated carbocycles. The van der Waals surface area contributed by atoms with Crippen LogP contribution in [0.1, 0.15) is 30.2 Å². The van der Waals surface area contributed by atoms with Gasteiger partial charge in [-0.2, -0.15) is 0 Å². The summed E-state index contributed by atoms with van der Waals surface area (Å²) < 4.78 is 0. The third-order valence-corrected chi connectivity index (χ3v) is 3.41. The smallest absolute Gasteiger partial charge is 0.183 e. The van der Waals surface area contributed by atoms with Crippen molar-refractivity contribution in [2.75, 3.05) is 5.32 Å². The van der Waals surface area contributed by atoms with Crippen LogP contribution in [0.15, 0.2) is 24.9 Å². The minimum atomic E-state index is 0.535. The Kier molecular flexibility index (Phi) is 3.46. The molecule has 2 aromatic rings. The lowest BCUT2D eigenvalue weighted by atomic mass is 10.2. The largest absolute Gasteiger partial charge is 0.357 e. The Bertz CT molecular complexity index is 438. The second-order valence-electron chi connectivity index (χ2n) is 3.82. The Morgan fingerprint density at radius 3 is 2.62 bits per heavy atom. The van der Waals surface area contributed by atoms with Crippen LogP contribution in [0.25, 0.3) is 0 Å². The predicted molar refractivity (Wildman–Crippen MR) is 65.6 cm³/mol. The van der Waals surface area contributed by atoms with Gasteiger partial charge in [-0.3, -0.25) is 0 Å². The van der Waals surface area contributed by atoms with Crippen LogP contribution >= 0.6 is 11.3 Å². The fourth-order valence-corrected chi connectivity index (χ4v) is 2.05. The topological polar surface area (TPSA) is 50.7 Å². The van der Waals surface area contributed by atoms with Crippen molar-refractivity contribution < 1.29 is 0 Å². The summed E-state index contributed by atoms with van der Waals surface area (Å²) in [5.41, 5.74) is 1.06. The first kappa shape index (κ1) is 11.0. The van der Waals surface area contributed by atoms with Crippen molar-refractivity contribution in [1.29, 1.82) is 0 Å². The van der Waals surface area contributed by atoms with Gasteiger partial charge in [-0.15, -0.1) is 11.3 Å². The zero-order valence-electron chi connectivity index (χ0n) is 9.34. The third kappa shape index (κ3) is 2.76. The molecule has 0 bridgehead atoms. The zero-order chi connectivity index (χ0) is 11.4. The Morgan fingerprint density at radius 1 is 1.25 bits per heavy atom. The molecule has 4 nitrogen and oxygen atoms in total. The summed E-state index contributed by atoms with van der Waals surface area (Å²) in [6.07, 6.45) is 7.07. The van der Waals surface area contributed by atoms with Crippen molar-refractivity contribution in [3.8, 4) is 0 Å². The minimum absolute atomic E-state index is 0.535. The fourth-order valence-electron chi connectivity index (χ4n) is 1.23. The van der Waals surface area contributed by atoms with Crippen LogP contribution in [0.2, 0.25) is 0 Å². The van der Waals surface area contributed by atoms with Crippen molar-refractivity contribution in [3.05, 3.63) is 35.4 Å². The zero-order valence-corrected chi connectivity index (χ0v) is 10.2. The van der Waals surface area contributed by atoms with Gasteiger partial charge in [-0.05, 0) is 5.92 Å². The number of thiazole rings is 1. The molecule has 0 aromatic carbocycles. The first-order chi connectivity index (χ1) is 7.75. The van der Waals surface area contributed by atoms with Crippen LogP contribution < -0.4 is 5.32 Å². The van der Waals surface area contributed by atoms with Gasteiger partial charge in [0.1, 0.15) is 6.33 Å². The van der Waals surface area contributed by atoms with Gasteiger partial charge in [-0.25, -0.2) is 15.0 Å². The van der Waals surface area contributed by atoms with E-state index in [9.17, 15) is 0 Å². The molecule has 0 unspecified atom stereocenters. The van der Waals surface area contributed by atoms with Gasteiger partial charge in [0, 0.05) is 35.6 Å². The van der Waals surface area contributed by atoms with Crippen molar-refractivity contribution >= 4 is 16.5 Å². The lowest BCUT2D eigenvalue weighted by Gasteiger charge is -2.01. The van der Waals surface area contributed by atoms with E-state index in [1.807, 2.05) is 6.20 Å². The van der Waals surface area contributed by atoms with Crippen LogP contribution in [0, 0.1) is 0 Å². The van der Waals surface area contributed by atoms with Crippen LogP contribution in [0.3, 0.4) is 0 Å². The first-order valence-corrected chi connectivity index (χ1v) is 6.01. The van der Waals surface area contributed by atoms with Crippen LogP contribution in [-0.4, -0.2) is 15.0 Å². The second kappa shape index (κ2) is 5.03. The van der Waals surface area contributed by atoms with E-state index in [2.05, 4.69) is 34.1 Å². The first-order valence-electron chi connectivity index (χ1n) is 5.19. The molecular weight excluding hydrogens is 220 g/mol. The molecule has 2 heterocycles. The number of rotatable bonds is 4. The lowest BCUT2D eigenvalue weighted by Crippen LogP contribution is -1.99. The molecule has 0 spiro atoms. The molecule has 0 aliphatic rings. The molecule has 0 aliphatic heterocycles. The van der Waals surface area contributed by atoms with E-state index in [1.54, 1.807) is 23.7 Å². The van der Waals surface area contributed by atoms with Gasteiger partial charge in [0.25, 0.3) is 0 Å². The van der Waals surface area contributed by atoms with E-state index in [4.69, 9.17) is 0 Å². The molecule has 0 atom stereocenters. The van der Waals surface area contributed by atoms with Gasteiger partial charge in [0.2, 0.25) is 0 Å². The Labute approximate surface area is 98.8 Å². The van der Waals surface area contributed by atoms with Gasteiger partial charge in [0.15, 0.2) is 5.13 Å². The molecule has 2 aromatic heterocycles. The Morgan fingerprint density at radius 2 is 2.00 bits per heavy atom. The molecule has 1 N–H and O–H groups in total. The lowest BCUT2D eigenvalue weighted by molar-refractivity contribution is 0.885. The number of anilines is 1. The molecule has 0 fully saturated rings. The fraction of sp³-hybridized carbons (Fsp3) is 0.364. The summed E-state index contributed by atoms with van der Waals surface area (Å²) in [5.74, 6) is 0.535. The summed E-state index contributed by atoms with van der Waals surface area (Å²) in [6, 6.07) is 0. The van der Waals surface area contributed by atoms with Gasteiger partial charge >= 0.3 is 0 Å². The normalized spacial score (nSPS) is 10.7. The summed E-state index contributed by atoms with van der Waals surface area (Å²) >= 11 is 1.70. The second-order valence-corrected chi connectivity index (χ2v) is 4.88. The van der Waals surface area contributed by atoms with Crippen LogP contribution in [0.4, 0.5) is 5.13 Å². The SMILES string of the molecule is CC(C)c1cnc(NCc2cncnc2)s1. The summed E-state index contributed by atoms with van der Waals surface area (Å²) in [7, 11) is 0. The highest BCUT2D eigenvalue weighted by molar-refractivity contribution is 7.15. The Hall–Kier alpha value is -1.49. The average Bonchev–Trinajstić information content (AvgIpc) is 2.76. The van der Waals surface area contributed by atoms with Gasteiger partial charge in [-0.1, -0.05) is 13.8 Å².